The highest BCUT2D eigenvalue weighted by atomic mass is 16.5. The van der Waals surface area contributed by atoms with Crippen molar-refractivity contribution in [1.82, 2.24) is 5.32 Å². The largest absolute Gasteiger partial charge is 0.381 e. The second kappa shape index (κ2) is 9.96. The van der Waals surface area contributed by atoms with Gasteiger partial charge in [-0.2, -0.15) is 0 Å². The molecule has 1 N–H and O–H groups in total. The van der Waals surface area contributed by atoms with E-state index in [1.54, 1.807) is 7.11 Å². The minimum Gasteiger partial charge on any atom is -0.381 e. The second-order valence-electron chi connectivity index (χ2n) is 5.25. The number of rotatable bonds is 10. The summed E-state index contributed by atoms with van der Waals surface area (Å²) in [5.74, 6) is 0.624. The number of nitrogens with one attached hydrogen (secondary N) is 1. The van der Waals surface area contributed by atoms with Crippen molar-refractivity contribution < 1.29 is 9.47 Å². The normalized spacial score (nSPS) is 11.2. The first-order valence-corrected chi connectivity index (χ1v) is 7.07. The van der Waals surface area contributed by atoms with Crippen LogP contribution in [0.4, 0.5) is 0 Å². The lowest BCUT2D eigenvalue weighted by atomic mass is 10.1. The number of benzene rings is 1. The third-order valence-electron chi connectivity index (χ3n) is 2.76. The monoisotopic (exact) mass is 265 g/mol. The molecule has 0 radical (unpaired) electrons. The highest BCUT2D eigenvalue weighted by molar-refractivity contribution is 5.21. The van der Waals surface area contributed by atoms with Crippen molar-refractivity contribution in [2.24, 2.45) is 5.92 Å². The highest BCUT2D eigenvalue weighted by Gasteiger charge is 1.96. The molecule has 0 unspecified atom stereocenters. The molecule has 0 saturated heterocycles. The van der Waals surface area contributed by atoms with Crippen LogP contribution in [0, 0.1) is 5.92 Å². The van der Waals surface area contributed by atoms with E-state index in [9.17, 15) is 0 Å². The van der Waals surface area contributed by atoms with E-state index in [2.05, 4.69) is 43.4 Å². The van der Waals surface area contributed by atoms with Gasteiger partial charge in [0.1, 0.15) is 0 Å². The zero-order valence-corrected chi connectivity index (χ0v) is 12.4. The van der Waals surface area contributed by atoms with Gasteiger partial charge in [-0.1, -0.05) is 38.1 Å². The van der Waals surface area contributed by atoms with Gasteiger partial charge >= 0.3 is 0 Å². The summed E-state index contributed by atoms with van der Waals surface area (Å²) in [4.78, 5) is 0. The van der Waals surface area contributed by atoms with Gasteiger partial charge in [0.25, 0.3) is 0 Å². The van der Waals surface area contributed by atoms with E-state index in [1.165, 1.54) is 11.1 Å². The Labute approximate surface area is 117 Å². The van der Waals surface area contributed by atoms with E-state index >= 15 is 0 Å². The molecule has 19 heavy (non-hydrogen) atoms. The van der Waals surface area contributed by atoms with E-state index in [0.717, 1.165) is 32.7 Å². The molecule has 108 valence electrons. The van der Waals surface area contributed by atoms with Gasteiger partial charge in [0, 0.05) is 26.9 Å². The van der Waals surface area contributed by atoms with Crippen LogP contribution in [0.3, 0.4) is 0 Å². The third kappa shape index (κ3) is 7.98. The Morgan fingerprint density at radius 3 is 2.42 bits per heavy atom. The highest BCUT2D eigenvalue weighted by Crippen LogP contribution is 2.05. The minimum absolute atomic E-state index is 0.624. The summed E-state index contributed by atoms with van der Waals surface area (Å²) in [5.41, 5.74) is 2.52. The van der Waals surface area contributed by atoms with Gasteiger partial charge in [-0.25, -0.2) is 0 Å². The van der Waals surface area contributed by atoms with Gasteiger partial charge in [0.2, 0.25) is 0 Å². The first-order valence-electron chi connectivity index (χ1n) is 7.07. The first kappa shape index (κ1) is 16.2. The maximum atomic E-state index is 5.54. The Morgan fingerprint density at radius 1 is 1.11 bits per heavy atom. The molecular formula is C16H27NO2. The molecule has 1 rings (SSSR count). The number of methoxy groups -OCH3 is 1. The molecule has 0 saturated carbocycles. The van der Waals surface area contributed by atoms with E-state index in [0.29, 0.717) is 12.5 Å². The van der Waals surface area contributed by atoms with Crippen molar-refractivity contribution >= 4 is 0 Å². The van der Waals surface area contributed by atoms with Gasteiger partial charge in [-0.3, -0.25) is 0 Å². The van der Waals surface area contributed by atoms with Gasteiger partial charge in [-0.15, -0.1) is 0 Å². The summed E-state index contributed by atoms with van der Waals surface area (Å²) < 4.78 is 10.6. The molecule has 1 aromatic rings. The van der Waals surface area contributed by atoms with Crippen LogP contribution in [0.5, 0.6) is 0 Å². The van der Waals surface area contributed by atoms with Crippen molar-refractivity contribution in [1.29, 1.82) is 0 Å². The van der Waals surface area contributed by atoms with Crippen molar-refractivity contribution in [3.8, 4) is 0 Å². The van der Waals surface area contributed by atoms with Crippen LogP contribution in [0.1, 0.15) is 31.4 Å². The zero-order valence-electron chi connectivity index (χ0n) is 12.4. The Hall–Kier alpha value is -0.900. The van der Waals surface area contributed by atoms with Crippen LogP contribution in [0.25, 0.3) is 0 Å². The summed E-state index contributed by atoms with van der Waals surface area (Å²) in [6.07, 6.45) is 1.06. The van der Waals surface area contributed by atoms with Gasteiger partial charge in [0.15, 0.2) is 0 Å². The Balaban J connectivity index is 2.05. The average molecular weight is 265 g/mol. The lowest BCUT2D eigenvalue weighted by Crippen LogP contribution is -2.17. The van der Waals surface area contributed by atoms with Crippen LogP contribution < -0.4 is 5.32 Å². The summed E-state index contributed by atoms with van der Waals surface area (Å²) in [5, 5.41) is 3.43. The summed E-state index contributed by atoms with van der Waals surface area (Å²) in [7, 11) is 1.72. The van der Waals surface area contributed by atoms with Crippen molar-refractivity contribution in [2.45, 2.75) is 33.4 Å². The number of ether oxygens (including phenoxy) is 2. The average Bonchev–Trinajstić information content (AvgIpc) is 2.39. The summed E-state index contributed by atoms with van der Waals surface area (Å²) >= 11 is 0. The zero-order chi connectivity index (χ0) is 13.9. The fourth-order valence-electron chi connectivity index (χ4n) is 1.77. The van der Waals surface area contributed by atoms with Crippen LogP contribution in [-0.2, 0) is 22.6 Å². The maximum Gasteiger partial charge on any atom is 0.0713 e. The first-order chi connectivity index (χ1) is 9.22. The van der Waals surface area contributed by atoms with Gasteiger partial charge in [-0.05, 0) is 30.0 Å². The molecule has 0 bridgehead atoms. The Bertz CT molecular complexity index is 322. The molecule has 1 aromatic carbocycles. The van der Waals surface area contributed by atoms with E-state index in [1.807, 2.05) is 0 Å². The molecule has 3 heteroatoms. The van der Waals surface area contributed by atoms with E-state index in [-0.39, 0.29) is 0 Å². The van der Waals surface area contributed by atoms with Gasteiger partial charge < -0.3 is 14.8 Å². The van der Waals surface area contributed by atoms with E-state index in [4.69, 9.17) is 9.47 Å². The smallest absolute Gasteiger partial charge is 0.0713 e. The van der Waals surface area contributed by atoms with Crippen LogP contribution >= 0.6 is 0 Å². The molecule has 0 amide bonds. The molecule has 0 aliphatic carbocycles. The minimum atomic E-state index is 0.624. The fraction of sp³-hybridized carbons (Fsp3) is 0.625. The van der Waals surface area contributed by atoms with E-state index < -0.39 is 0 Å². The molecule has 0 aromatic heterocycles. The fourth-order valence-corrected chi connectivity index (χ4v) is 1.77. The predicted octanol–water partition coefficient (Wildman–Crippen LogP) is 2.99. The number of hydrogen-bond acceptors (Lipinski definition) is 3. The molecule has 0 fully saturated rings. The van der Waals surface area contributed by atoms with Crippen molar-refractivity contribution in [3.63, 3.8) is 0 Å². The maximum absolute atomic E-state index is 5.54. The predicted molar refractivity (Wildman–Crippen MR) is 79.1 cm³/mol. The molecule has 0 spiro atoms. The van der Waals surface area contributed by atoms with Crippen LogP contribution in [0.2, 0.25) is 0 Å². The lowest BCUT2D eigenvalue weighted by Gasteiger charge is -2.08. The SMILES string of the molecule is COCc1ccc(CNCCCOCC(C)C)cc1. The molecule has 0 heterocycles. The quantitative estimate of drug-likeness (QED) is 0.660. The third-order valence-corrected chi connectivity index (χ3v) is 2.76. The molecule has 3 nitrogen and oxygen atoms in total. The Kier molecular flexibility index (Phi) is 8.47. The van der Waals surface area contributed by atoms with Crippen molar-refractivity contribution in [3.05, 3.63) is 35.4 Å². The van der Waals surface area contributed by atoms with Crippen LogP contribution in [0.15, 0.2) is 24.3 Å². The summed E-state index contributed by atoms with van der Waals surface area (Å²) in [6, 6.07) is 8.53. The number of hydrogen-bond donors (Lipinski definition) is 1. The topological polar surface area (TPSA) is 30.5 Å². The second-order valence-corrected chi connectivity index (χ2v) is 5.25. The molecular weight excluding hydrogens is 238 g/mol. The van der Waals surface area contributed by atoms with Crippen LogP contribution in [-0.4, -0.2) is 26.9 Å². The van der Waals surface area contributed by atoms with Gasteiger partial charge in [0.05, 0.1) is 6.61 Å². The molecule has 0 atom stereocenters. The summed E-state index contributed by atoms with van der Waals surface area (Å²) in [6.45, 7) is 8.65. The Morgan fingerprint density at radius 2 is 1.79 bits per heavy atom. The standard InChI is InChI=1S/C16H27NO2/c1-14(2)12-19-10-4-9-17-11-15-5-7-16(8-6-15)13-18-3/h5-8,14,17H,4,9-13H2,1-3H3. The van der Waals surface area contributed by atoms with Crippen molar-refractivity contribution in [2.75, 3.05) is 26.9 Å². The molecule has 0 aliphatic heterocycles. The molecule has 0 aliphatic rings. The lowest BCUT2D eigenvalue weighted by molar-refractivity contribution is 0.108.